The van der Waals surface area contributed by atoms with Crippen molar-refractivity contribution < 1.29 is 9.18 Å². The summed E-state index contributed by atoms with van der Waals surface area (Å²) in [5.74, 6) is -0.625. The largest absolute Gasteiger partial charge is 0.345 e. The van der Waals surface area contributed by atoms with Gasteiger partial charge in [-0.15, -0.1) is 0 Å². The van der Waals surface area contributed by atoms with Crippen molar-refractivity contribution in [2.24, 2.45) is 0 Å². The van der Waals surface area contributed by atoms with Crippen LogP contribution in [0.2, 0.25) is 0 Å². The highest BCUT2D eigenvalue weighted by Gasteiger charge is 2.13. The van der Waals surface area contributed by atoms with E-state index in [2.05, 4.69) is 20.4 Å². The number of halogens is 1. The number of carbonyl (C=O) groups is 1. The minimum atomic E-state index is -0.319. The number of nitrogens with one attached hydrogen (secondary N) is 1. The molecule has 3 aromatic rings. The third-order valence-electron chi connectivity index (χ3n) is 3.24. The van der Waals surface area contributed by atoms with Crippen LogP contribution in [0.3, 0.4) is 0 Å². The van der Waals surface area contributed by atoms with Crippen LogP contribution in [-0.4, -0.2) is 25.7 Å². The standard InChI is InChI=1S/C16H14FN5O/c1-11-8-15(16(23)20-10-13-9-18-6-7-19-13)21-22(11)14-4-2-12(17)3-5-14/h2-9H,10H2,1H3,(H,20,23). The molecule has 7 heteroatoms. The number of rotatable bonds is 4. The maximum atomic E-state index is 13.0. The highest BCUT2D eigenvalue weighted by molar-refractivity contribution is 5.92. The second kappa shape index (κ2) is 6.35. The summed E-state index contributed by atoms with van der Waals surface area (Å²) in [5.41, 5.74) is 2.42. The lowest BCUT2D eigenvalue weighted by molar-refractivity contribution is 0.0945. The Morgan fingerprint density at radius 1 is 1.26 bits per heavy atom. The van der Waals surface area contributed by atoms with Gasteiger partial charge >= 0.3 is 0 Å². The molecule has 0 atom stereocenters. The van der Waals surface area contributed by atoms with Gasteiger partial charge in [-0.25, -0.2) is 9.07 Å². The quantitative estimate of drug-likeness (QED) is 0.800. The van der Waals surface area contributed by atoms with Gasteiger partial charge in [0.2, 0.25) is 0 Å². The maximum absolute atomic E-state index is 13.0. The minimum Gasteiger partial charge on any atom is -0.345 e. The molecule has 0 aliphatic rings. The van der Waals surface area contributed by atoms with Crippen molar-refractivity contribution in [1.29, 1.82) is 0 Å². The average molecular weight is 311 g/mol. The van der Waals surface area contributed by atoms with Gasteiger partial charge in [0, 0.05) is 18.1 Å². The lowest BCUT2D eigenvalue weighted by Crippen LogP contribution is -2.24. The maximum Gasteiger partial charge on any atom is 0.272 e. The van der Waals surface area contributed by atoms with Gasteiger partial charge in [0.25, 0.3) is 5.91 Å². The Morgan fingerprint density at radius 3 is 2.74 bits per heavy atom. The Bertz CT molecular complexity index is 814. The second-order valence-corrected chi connectivity index (χ2v) is 4.94. The van der Waals surface area contributed by atoms with E-state index in [0.717, 1.165) is 5.69 Å². The number of amides is 1. The van der Waals surface area contributed by atoms with Crippen LogP contribution < -0.4 is 5.32 Å². The van der Waals surface area contributed by atoms with Gasteiger partial charge in [-0.1, -0.05) is 0 Å². The first-order valence-corrected chi connectivity index (χ1v) is 6.99. The number of aryl methyl sites for hydroxylation is 1. The summed E-state index contributed by atoms with van der Waals surface area (Å²) in [7, 11) is 0. The molecule has 0 fully saturated rings. The summed E-state index contributed by atoms with van der Waals surface area (Å²) in [6.07, 6.45) is 4.72. The minimum absolute atomic E-state index is 0.273. The molecule has 1 aromatic carbocycles. The molecule has 0 aliphatic heterocycles. The van der Waals surface area contributed by atoms with E-state index in [0.29, 0.717) is 11.4 Å². The third kappa shape index (κ3) is 3.39. The van der Waals surface area contributed by atoms with E-state index >= 15 is 0 Å². The zero-order chi connectivity index (χ0) is 16.2. The fraction of sp³-hybridized carbons (Fsp3) is 0.125. The molecular weight excluding hydrogens is 297 g/mol. The van der Waals surface area contributed by atoms with Gasteiger partial charge in [-0.05, 0) is 37.3 Å². The number of aromatic nitrogens is 4. The summed E-state index contributed by atoms with van der Waals surface area (Å²) in [5, 5.41) is 7.01. The molecule has 3 rings (SSSR count). The van der Waals surface area contributed by atoms with Crippen LogP contribution in [0.15, 0.2) is 48.9 Å². The molecular formula is C16H14FN5O. The Balaban J connectivity index is 1.75. The van der Waals surface area contributed by atoms with E-state index in [1.165, 1.54) is 12.1 Å². The summed E-state index contributed by atoms with van der Waals surface area (Å²) >= 11 is 0. The lowest BCUT2D eigenvalue weighted by Gasteiger charge is -2.04. The number of hydrogen-bond acceptors (Lipinski definition) is 4. The Labute approximate surface area is 132 Å². The fourth-order valence-electron chi connectivity index (χ4n) is 2.11. The zero-order valence-corrected chi connectivity index (χ0v) is 12.4. The van der Waals surface area contributed by atoms with Gasteiger partial charge < -0.3 is 5.32 Å². The van der Waals surface area contributed by atoms with E-state index in [1.807, 2.05) is 6.92 Å². The first kappa shape index (κ1) is 14.8. The highest BCUT2D eigenvalue weighted by Crippen LogP contribution is 2.13. The Kier molecular flexibility index (Phi) is 4.09. The normalized spacial score (nSPS) is 10.5. The molecule has 0 spiro atoms. The predicted octanol–water partition coefficient (Wildman–Crippen LogP) is 2.04. The van der Waals surface area contributed by atoms with E-state index in [9.17, 15) is 9.18 Å². The van der Waals surface area contributed by atoms with Gasteiger partial charge in [0.15, 0.2) is 5.69 Å². The van der Waals surface area contributed by atoms with Crippen molar-refractivity contribution in [3.8, 4) is 5.69 Å². The zero-order valence-electron chi connectivity index (χ0n) is 12.4. The van der Waals surface area contributed by atoms with Crippen molar-refractivity contribution >= 4 is 5.91 Å². The van der Waals surface area contributed by atoms with Crippen molar-refractivity contribution in [2.75, 3.05) is 0 Å². The van der Waals surface area contributed by atoms with Crippen molar-refractivity contribution in [3.63, 3.8) is 0 Å². The van der Waals surface area contributed by atoms with Crippen molar-refractivity contribution in [2.45, 2.75) is 13.5 Å². The molecule has 0 aliphatic carbocycles. The van der Waals surface area contributed by atoms with Gasteiger partial charge in [-0.3, -0.25) is 14.8 Å². The van der Waals surface area contributed by atoms with Crippen LogP contribution in [-0.2, 0) is 6.54 Å². The molecule has 2 heterocycles. The van der Waals surface area contributed by atoms with Crippen LogP contribution >= 0.6 is 0 Å². The number of nitrogens with zero attached hydrogens (tertiary/aromatic N) is 4. The van der Waals surface area contributed by atoms with Crippen LogP contribution in [0.4, 0.5) is 4.39 Å². The van der Waals surface area contributed by atoms with E-state index < -0.39 is 0 Å². The van der Waals surface area contributed by atoms with Crippen LogP contribution in [0.25, 0.3) is 5.69 Å². The van der Waals surface area contributed by atoms with Crippen molar-refractivity contribution in [1.82, 2.24) is 25.1 Å². The fourth-order valence-corrected chi connectivity index (χ4v) is 2.11. The summed E-state index contributed by atoms with van der Waals surface area (Å²) in [4.78, 5) is 20.2. The molecule has 1 amide bonds. The molecule has 1 N–H and O–H groups in total. The summed E-state index contributed by atoms with van der Waals surface area (Å²) in [6.45, 7) is 2.10. The summed E-state index contributed by atoms with van der Waals surface area (Å²) in [6, 6.07) is 7.59. The number of hydrogen-bond donors (Lipinski definition) is 1. The average Bonchev–Trinajstić information content (AvgIpc) is 2.96. The van der Waals surface area contributed by atoms with Crippen LogP contribution in [0.5, 0.6) is 0 Å². The molecule has 0 saturated carbocycles. The van der Waals surface area contributed by atoms with Crippen LogP contribution in [0, 0.1) is 12.7 Å². The smallest absolute Gasteiger partial charge is 0.272 e. The van der Waals surface area contributed by atoms with E-state index in [1.54, 1.807) is 41.5 Å². The second-order valence-electron chi connectivity index (χ2n) is 4.94. The SMILES string of the molecule is Cc1cc(C(=O)NCc2cnccn2)nn1-c1ccc(F)cc1. The molecule has 0 bridgehead atoms. The van der Waals surface area contributed by atoms with Gasteiger partial charge in [-0.2, -0.15) is 5.10 Å². The molecule has 0 unspecified atom stereocenters. The first-order chi connectivity index (χ1) is 11.1. The molecule has 23 heavy (non-hydrogen) atoms. The predicted molar refractivity (Wildman–Crippen MR) is 81.5 cm³/mol. The molecule has 0 saturated heterocycles. The molecule has 0 radical (unpaired) electrons. The monoisotopic (exact) mass is 311 g/mol. The van der Waals surface area contributed by atoms with E-state index in [4.69, 9.17) is 0 Å². The lowest BCUT2D eigenvalue weighted by atomic mass is 10.3. The topological polar surface area (TPSA) is 72.7 Å². The summed E-state index contributed by atoms with van der Waals surface area (Å²) < 4.78 is 14.6. The Morgan fingerprint density at radius 2 is 2.04 bits per heavy atom. The van der Waals surface area contributed by atoms with Crippen molar-refractivity contribution in [3.05, 3.63) is 71.8 Å². The third-order valence-corrected chi connectivity index (χ3v) is 3.24. The first-order valence-electron chi connectivity index (χ1n) is 6.99. The molecule has 116 valence electrons. The molecule has 2 aromatic heterocycles. The molecule has 6 nitrogen and oxygen atoms in total. The number of benzene rings is 1. The van der Waals surface area contributed by atoms with Gasteiger partial charge in [0.1, 0.15) is 5.82 Å². The number of carbonyl (C=O) groups excluding carboxylic acids is 1. The van der Waals surface area contributed by atoms with E-state index in [-0.39, 0.29) is 24.0 Å². The van der Waals surface area contributed by atoms with Crippen LogP contribution in [0.1, 0.15) is 21.9 Å². The Hall–Kier alpha value is -3.09. The highest BCUT2D eigenvalue weighted by atomic mass is 19.1. The van der Waals surface area contributed by atoms with Gasteiger partial charge in [0.05, 0.1) is 24.1 Å².